The summed E-state index contributed by atoms with van der Waals surface area (Å²) in [7, 11) is 0. The Kier molecular flexibility index (Phi) is 6.89. The molecule has 1 aliphatic carbocycles. The van der Waals surface area contributed by atoms with E-state index in [9.17, 15) is 4.39 Å². The maximum atomic E-state index is 14.2. The van der Waals surface area contributed by atoms with E-state index in [0.29, 0.717) is 11.8 Å². The van der Waals surface area contributed by atoms with Crippen LogP contribution in [0.2, 0.25) is 0 Å². The molecule has 2 atom stereocenters. The fourth-order valence-corrected chi connectivity index (χ4v) is 3.29. The van der Waals surface area contributed by atoms with E-state index in [0.717, 1.165) is 36.8 Å². The second-order valence-electron chi connectivity index (χ2n) is 6.50. The number of rotatable bonds is 8. The van der Waals surface area contributed by atoms with Gasteiger partial charge in [0.1, 0.15) is 5.82 Å². The van der Waals surface area contributed by atoms with Crippen LogP contribution in [0.25, 0.3) is 0 Å². The molecule has 0 aromatic heterocycles. The molecule has 1 aromatic rings. The largest absolute Gasteiger partial charge is 0.207 e. The van der Waals surface area contributed by atoms with E-state index < -0.39 is 0 Å². The van der Waals surface area contributed by atoms with Gasteiger partial charge in [-0.15, -0.1) is 6.58 Å². The summed E-state index contributed by atoms with van der Waals surface area (Å²) in [5, 5.41) is 0. The van der Waals surface area contributed by atoms with Crippen molar-refractivity contribution in [2.75, 3.05) is 0 Å². The number of benzene rings is 1. The molecule has 22 heavy (non-hydrogen) atoms. The fraction of sp³-hybridized carbons (Fsp3) is 0.524. The molecule has 1 aromatic carbocycles. The second kappa shape index (κ2) is 8.92. The Morgan fingerprint density at radius 2 is 2.09 bits per heavy atom. The molecule has 1 aliphatic rings. The van der Waals surface area contributed by atoms with E-state index in [1.807, 2.05) is 12.1 Å². The molecule has 0 radical (unpaired) electrons. The maximum Gasteiger partial charge on any atom is 0.126 e. The first-order chi connectivity index (χ1) is 10.7. The molecule has 1 heteroatoms. The van der Waals surface area contributed by atoms with Gasteiger partial charge in [-0.05, 0) is 61.6 Å². The van der Waals surface area contributed by atoms with Crippen molar-refractivity contribution in [3.8, 4) is 0 Å². The van der Waals surface area contributed by atoms with Crippen molar-refractivity contribution >= 4 is 0 Å². The molecule has 0 spiro atoms. The number of hydrogen-bond acceptors (Lipinski definition) is 0. The minimum atomic E-state index is -0.0178. The second-order valence-corrected chi connectivity index (χ2v) is 6.50. The topological polar surface area (TPSA) is 0 Å². The Balaban J connectivity index is 1.95. The molecular weight excluding hydrogens is 271 g/mol. The first kappa shape index (κ1) is 17.0. The van der Waals surface area contributed by atoms with Crippen LogP contribution in [0.4, 0.5) is 4.39 Å². The zero-order valence-corrected chi connectivity index (χ0v) is 13.9. The number of hydrogen-bond donors (Lipinski definition) is 0. The fourth-order valence-electron chi connectivity index (χ4n) is 3.29. The highest BCUT2D eigenvalue weighted by molar-refractivity contribution is 5.30. The van der Waals surface area contributed by atoms with Crippen LogP contribution in [0, 0.1) is 11.7 Å². The van der Waals surface area contributed by atoms with Gasteiger partial charge in [0.2, 0.25) is 0 Å². The molecule has 0 fully saturated rings. The molecular formula is C21H29F. The highest BCUT2D eigenvalue weighted by atomic mass is 19.1. The highest BCUT2D eigenvalue weighted by Crippen LogP contribution is 2.33. The summed E-state index contributed by atoms with van der Waals surface area (Å²) in [5.74, 6) is 1.04. The monoisotopic (exact) mass is 300 g/mol. The van der Waals surface area contributed by atoms with Crippen molar-refractivity contribution in [2.45, 2.75) is 64.2 Å². The summed E-state index contributed by atoms with van der Waals surface area (Å²) in [5.41, 5.74) is 2.01. The van der Waals surface area contributed by atoms with E-state index in [1.165, 1.54) is 25.7 Å². The summed E-state index contributed by atoms with van der Waals surface area (Å²) < 4.78 is 14.2. The summed E-state index contributed by atoms with van der Waals surface area (Å²) in [6.07, 6.45) is 15.5. The summed E-state index contributed by atoms with van der Waals surface area (Å²) >= 11 is 0. The van der Waals surface area contributed by atoms with Crippen LogP contribution < -0.4 is 0 Å². The summed E-state index contributed by atoms with van der Waals surface area (Å²) in [6.45, 7) is 5.96. The maximum absolute atomic E-state index is 14.2. The SMILES string of the molecule is C=CCCC1C=CC(c2ccc(CCCCC)c(F)c2)CC1. The Labute approximate surface area is 135 Å². The molecule has 0 N–H and O–H groups in total. The number of aryl methyl sites for hydroxylation is 1. The van der Waals surface area contributed by atoms with Crippen LogP contribution in [0.3, 0.4) is 0 Å². The predicted octanol–water partition coefficient (Wildman–Crippen LogP) is 6.57. The van der Waals surface area contributed by atoms with Crippen molar-refractivity contribution in [2.24, 2.45) is 5.92 Å². The molecule has 0 nitrogen and oxygen atoms in total. The van der Waals surface area contributed by atoms with Gasteiger partial charge in [-0.3, -0.25) is 0 Å². The van der Waals surface area contributed by atoms with Gasteiger partial charge >= 0.3 is 0 Å². The van der Waals surface area contributed by atoms with Gasteiger partial charge in [0, 0.05) is 5.92 Å². The Bertz CT molecular complexity index is 501. The van der Waals surface area contributed by atoms with Gasteiger partial charge in [0.05, 0.1) is 0 Å². The van der Waals surface area contributed by atoms with Crippen LogP contribution in [-0.4, -0.2) is 0 Å². The molecule has 2 rings (SSSR count). The normalized spacial score (nSPS) is 21.0. The van der Waals surface area contributed by atoms with Gasteiger partial charge in [-0.25, -0.2) is 4.39 Å². The lowest BCUT2D eigenvalue weighted by Crippen LogP contribution is -2.08. The van der Waals surface area contributed by atoms with E-state index in [1.54, 1.807) is 6.07 Å². The van der Waals surface area contributed by atoms with E-state index in [4.69, 9.17) is 0 Å². The lowest BCUT2D eigenvalue weighted by atomic mass is 9.82. The van der Waals surface area contributed by atoms with Crippen molar-refractivity contribution < 1.29 is 4.39 Å². The van der Waals surface area contributed by atoms with E-state index in [2.05, 4.69) is 31.7 Å². The molecule has 0 saturated heterocycles. The third kappa shape index (κ3) is 4.83. The average Bonchev–Trinajstić information content (AvgIpc) is 2.55. The molecule has 0 heterocycles. The van der Waals surface area contributed by atoms with E-state index in [-0.39, 0.29) is 5.82 Å². The molecule has 0 saturated carbocycles. The summed E-state index contributed by atoms with van der Waals surface area (Å²) in [6, 6.07) is 5.89. The van der Waals surface area contributed by atoms with Gasteiger partial charge in [-0.2, -0.15) is 0 Å². The van der Waals surface area contributed by atoms with E-state index >= 15 is 0 Å². The van der Waals surface area contributed by atoms with Crippen molar-refractivity contribution in [1.29, 1.82) is 0 Å². The van der Waals surface area contributed by atoms with Gasteiger partial charge < -0.3 is 0 Å². The minimum absolute atomic E-state index is 0.0178. The lowest BCUT2D eigenvalue weighted by Gasteiger charge is -2.23. The van der Waals surface area contributed by atoms with Crippen molar-refractivity contribution in [1.82, 2.24) is 0 Å². The molecule has 0 amide bonds. The Morgan fingerprint density at radius 1 is 1.23 bits per heavy atom. The van der Waals surface area contributed by atoms with Crippen LogP contribution in [0.1, 0.15) is 68.9 Å². The van der Waals surface area contributed by atoms with Crippen LogP contribution >= 0.6 is 0 Å². The van der Waals surface area contributed by atoms with Crippen LogP contribution in [0.5, 0.6) is 0 Å². The first-order valence-electron chi connectivity index (χ1n) is 8.82. The third-order valence-corrected chi connectivity index (χ3v) is 4.76. The van der Waals surface area contributed by atoms with Gasteiger partial charge in [-0.1, -0.05) is 50.1 Å². The molecule has 0 bridgehead atoms. The van der Waals surface area contributed by atoms with Crippen molar-refractivity contribution in [3.05, 3.63) is 60.0 Å². The predicted molar refractivity (Wildman–Crippen MR) is 93.7 cm³/mol. The Morgan fingerprint density at radius 3 is 2.73 bits per heavy atom. The number of unbranched alkanes of at least 4 members (excludes halogenated alkanes) is 2. The Hall–Kier alpha value is -1.37. The highest BCUT2D eigenvalue weighted by Gasteiger charge is 2.17. The average molecular weight is 300 g/mol. The molecule has 120 valence electrons. The standard InChI is InChI=1S/C21H29F/c1-3-5-7-9-19-14-15-20(16-21(19)22)18-12-10-17(11-13-18)8-6-4-2/h4,10,12,14-18H,2-3,5-9,11,13H2,1H3. The third-order valence-electron chi connectivity index (χ3n) is 4.76. The van der Waals surface area contributed by atoms with Gasteiger partial charge in [0.25, 0.3) is 0 Å². The van der Waals surface area contributed by atoms with Gasteiger partial charge in [0.15, 0.2) is 0 Å². The van der Waals surface area contributed by atoms with Crippen LogP contribution in [0.15, 0.2) is 43.0 Å². The molecule has 0 aliphatic heterocycles. The summed E-state index contributed by atoms with van der Waals surface area (Å²) in [4.78, 5) is 0. The van der Waals surface area contributed by atoms with Crippen molar-refractivity contribution in [3.63, 3.8) is 0 Å². The lowest BCUT2D eigenvalue weighted by molar-refractivity contribution is 0.484. The minimum Gasteiger partial charge on any atom is -0.207 e. The molecule has 2 unspecified atom stereocenters. The first-order valence-corrected chi connectivity index (χ1v) is 8.82. The van der Waals surface area contributed by atoms with Crippen LogP contribution in [-0.2, 0) is 6.42 Å². The quantitative estimate of drug-likeness (QED) is 0.376. The smallest absolute Gasteiger partial charge is 0.126 e. The zero-order chi connectivity index (χ0) is 15.8. The number of allylic oxidation sites excluding steroid dienone is 3. The number of halogens is 1. The zero-order valence-electron chi connectivity index (χ0n) is 13.9.